The minimum Gasteiger partial charge on any atom is -0.481 e. The number of aliphatic hydroxyl groups is 2. The van der Waals surface area contributed by atoms with Gasteiger partial charge < -0.3 is 42.1 Å². The van der Waals surface area contributed by atoms with E-state index in [1.54, 1.807) is 30.3 Å². The van der Waals surface area contributed by atoms with Crippen LogP contribution in [0.4, 0.5) is 0 Å². The van der Waals surface area contributed by atoms with Gasteiger partial charge >= 0.3 is 11.9 Å². The summed E-state index contributed by atoms with van der Waals surface area (Å²) in [6.45, 7) is -1.85. The topological polar surface area (TPSA) is 228 Å². The second-order valence-electron chi connectivity index (χ2n) is 7.12. The van der Waals surface area contributed by atoms with Crippen molar-refractivity contribution in [2.75, 3.05) is 13.2 Å². The summed E-state index contributed by atoms with van der Waals surface area (Å²) in [7, 11) is 0. The van der Waals surface area contributed by atoms with Crippen LogP contribution in [0, 0.1) is 0 Å². The van der Waals surface area contributed by atoms with Crippen LogP contribution in [-0.4, -0.2) is 87.5 Å². The van der Waals surface area contributed by atoms with Gasteiger partial charge in [-0.05, 0) is 18.4 Å². The molecule has 0 saturated carbocycles. The first-order chi connectivity index (χ1) is 15.6. The first-order valence-electron chi connectivity index (χ1n) is 9.96. The lowest BCUT2D eigenvalue weighted by Crippen LogP contribution is -2.58. The largest absolute Gasteiger partial charge is 0.481 e. The second-order valence-corrected chi connectivity index (χ2v) is 7.12. The number of nitrogens with one attached hydrogen (secondary N) is 3. The zero-order chi connectivity index (χ0) is 25.0. The molecule has 13 heteroatoms. The van der Waals surface area contributed by atoms with Crippen molar-refractivity contribution in [1.82, 2.24) is 16.0 Å². The second kappa shape index (κ2) is 13.8. The number of aliphatic carboxylic acids is 2. The Morgan fingerprint density at radius 3 is 1.82 bits per heavy atom. The third kappa shape index (κ3) is 9.64. The highest BCUT2D eigenvalue weighted by Gasteiger charge is 2.30. The molecule has 1 aromatic carbocycles. The van der Waals surface area contributed by atoms with Gasteiger partial charge in [0.2, 0.25) is 17.7 Å². The molecule has 0 aliphatic heterocycles. The highest BCUT2D eigenvalue weighted by molar-refractivity contribution is 5.94. The summed E-state index contributed by atoms with van der Waals surface area (Å²) in [4.78, 5) is 59.1. The smallest absolute Gasteiger partial charge is 0.328 e. The van der Waals surface area contributed by atoms with E-state index in [0.717, 1.165) is 5.56 Å². The van der Waals surface area contributed by atoms with Crippen molar-refractivity contribution in [3.63, 3.8) is 0 Å². The molecule has 0 aliphatic rings. The Kier molecular flexibility index (Phi) is 11.5. The van der Waals surface area contributed by atoms with Gasteiger partial charge in [-0.2, -0.15) is 0 Å². The average Bonchev–Trinajstić information content (AvgIpc) is 2.78. The predicted octanol–water partition coefficient (Wildman–Crippen LogP) is -3.06. The number of carbonyl (C=O) groups is 5. The molecule has 3 amide bonds. The fraction of sp³-hybridized carbons (Fsp3) is 0.450. The maximum atomic E-state index is 12.6. The lowest BCUT2D eigenvalue weighted by molar-refractivity contribution is -0.143. The van der Waals surface area contributed by atoms with Gasteiger partial charge in [-0.3, -0.25) is 19.2 Å². The molecule has 13 nitrogen and oxygen atoms in total. The highest BCUT2D eigenvalue weighted by Crippen LogP contribution is 2.04. The highest BCUT2D eigenvalue weighted by atomic mass is 16.4. The van der Waals surface area contributed by atoms with Crippen molar-refractivity contribution >= 4 is 29.7 Å². The van der Waals surface area contributed by atoms with Crippen molar-refractivity contribution in [1.29, 1.82) is 0 Å². The van der Waals surface area contributed by atoms with Crippen LogP contribution in [0.1, 0.15) is 18.4 Å². The zero-order valence-corrected chi connectivity index (χ0v) is 17.6. The van der Waals surface area contributed by atoms with Crippen molar-refractivity contribution in [3.8, 4) is 0 Å². The van der Waals surface area contributed by atoms with E-state index in [0.29, 0.717) is 0 Å². The van der Waals surface area contributed by atoms with Crippen molar-refractivity contribution in [3.05, 3.63) is 35.9 Å². The Hall–Kier alpha value is -3.55. The number of carbonyl (C=O) groups excluding carboxylic acids is 3. The summed E-state index contributed by atoms with van der Waals surface area (Å²) >= 11 is 0. The van der Waals surface area contributed by atoms with E-state index in [1.807, 2.05) is 5.32 Å². The minimum absolute atomic E-state index is 0.152. The third-order valence-corrected chi connectivity index (χ3v) is 4.53. The van der Waals surface area contributed by atoms with Crippen LogP contribution >= 0.6 is 0 Å². The van der Waals surface area contributed by atoms with Gasteiger partial charge in [0, 0.05) is 6.42 Å². The van der Waals surface area contributed by atoms with Gasteiger partial charge in [0.15, 0.2) is 0 Å². The molecule has 0 radical (unpaired) electrons. The quantitative estimate of drug-likeness (QED) is 0.137. The molecule has 9 N–H and O–H groups in total. The number of hydrogen-bond acceptors (Lipinski definition) is 8. The number of nitrogens with two attached hydrogens (primary N) is 1. The average molecular weight is 468 g/mol. The Bertz CT molecular complexity index is 834. The van der Waals surface area contributed by atoms with Crippen molar-refractivity contribution < 1.29 is 44.4 Å². The molecular formula is C20H28N4O9. The van der Waals surface area contributed by atoms with Crippen LogP contribution in [0.5, 0.6) is 0 Å². The van der Waals surface area contributed by atoms with Gasteiger partial charge in [-0.15, -0.1) is 0 Å². The fourth-order valence-electron chi connectivity index (χ4n) is 2.70. The zero-order valence-electron chi connectivity index (χ0n) is 17.6. The SMILES string of the molecule is NC(Cc1ccccc1)C(=O)NC(CCC(=O)O)C(=O)NC(CO)C(=O)NC(CO)C(=O)O. The summed E-state index contributed by atoms with van der Waals surface area (Å²) in [6.07, 6.45) is -0.674. The number of aliphatic hydroxyl groups excluding tert-OH is 2. The van der Waals surface area contributed by atoms with E-state index >= 15 is 0 Å². The number of carboxylic acid groups (broad SMARTS) is 2. The van der Waals surface area contributed by atoms with Crippen LogP contribution in [0.3, 0.4) is 0 Å². The lowest BCUT2D eigenvalue weighted by Gasteiger charge is -2.24. The standard InChI is InChI=1S/C20H28N4O9/c21-12(8-11-4-2-1-3-5-11)17(29)22-13(6-7-16(27)28)18(30)23-14(9-25)19(31)24-15(10-26)20(32)33/h1-5,12-15,25-26H,6-10,21H2,(H,22,29)(H,23,30)(H,24,31)(H,27,28)(H,32,33). The Morgan fingerprint density at radius 2 is 1.30 bits per heavy atom. The molecular weight excluding hydrogens is 440 g/mol. The van der Waals surface area contributed by atoms with Gasteiger partial charge in [-0.25, -0.2) is 4.79 Å². The molecule has 0 saturated heterocycles. The number of benzene rings is 1. The van der Waals surface area contributed by atoms with Crippen molar-refractivity contribution in [2.45, 2.75) is 43.4 Å². The Morgan fingerprint density at radius 1 is 0.788 bits per heavy atom. The fourth-order valence-corrected chi connectivity index (χ4v) is 2.70. The van der Waals surface area contributed by atoms with Crippen LogP contribution in [-0.2, 0) is 30.4 Å². The minimum atomic E-state index is -1.66. The maximum absolute atomic E-state index is 12.6. The predicted molar refractivity (Wildman–Crippen MR) is 113 cm³/mol. The van der Waals surface area contributed by atoms with Gasteiger partial charge in [0.1, 0.15) is 18.1 Å². The van der Waals surface area contributed by atoms with Gasteiger partial charge in [-0.1, -0.05) is 30.3 Å². The van der Waals surface area contributed by atoms with Crippen LogP contribution < -0.4 is 21.7 Å². The maximum Gasteiger partial charge on any atom is 0.328 e. The summed E-state index contributed by atoms with van der Waals surface area (Å²) in [5, 5.41) is 42.6. The number of carboxylic acids is 2. The van der Waals surface area contributed by atoms with Gasteiger partial charge in [0.25, 0.3) is 0 Å². The van der Waals surface area contributed by atoms with E-state index in [-0.39, 0.29) is 12.8 Å². The molecule has 1 rings (SSSR count). The molecule has 33 heavy (non-hydrogen) atoms. The Labute approximate surface area is 189 Å². The molecule has 0 aromatic heterocycles. The summed E-state index contributed by atoms with van der Waals surface area (Å²) in [5.41, 5.74) is 6.65. The van der Waals surface area contributed by atoms with Crippen LogP contribution in [0.2, 0.25) is 0 Å². The summed E-state index contributed by atoms with van der Waals surface area (Å²) in [5.74, 6) is -5.59. The van der Waals surface area contributed by atoms with Gasteiger partial charge in [0.05, 0.1) is 19.3 Å². The molecule has 0 spiro atoms. The van der Waals surface area contributed by atoms with Crippen molar-refractivity contribution in [2.24, 2.45) is 5.73 Å². The van der Waals surface area contributed by atoms with E-state index in [4.69, 9.17) is 21.1 Å². The number of hydrogen-bond donors (Lipinski definition) is 8. The number of rotatable bonds is 14. The molecule has 1 aromatic rings. The summed E-state index contributed by atoms with van der Waals surface area (Å²) in [6, 6.07) is 3.08. The molecule has 4 unspecified atom stereocenters. The number of amides is 3. The normalized spacial score (nSPS) is 14.3. The van der Waals surface area contributed by atoms with E-state index in [9.17, 15) is 29.1 Å². The molecule has 0 fully saturated rings. The monoisotopic (exact) mass is 468 g/mol. The van der Waals surface area contributed by atoms with Crippen LogP contribution in [0.25, 0.3) is 0 Å². The lowest BCUT2D eigenvalue weighted by atomic mass is 10.0. The summed E-state index contributed by atoms with van der Waals surface area (Å²) < 4.78 is 0. The van der Waals surface area contributed by atoms with E-state index < -0.39 is 73.5 Å². The van der Waals surface area contributed by atoms with E-state index in [1.165, 1.54) is 0 Å². The molecule has 182 valence electrons. The first-order valence-corrected chi connectivity index (χ1v) is 9.96. The van der Waals surface area contributed by atoms with E-state index in [2.05, 4.69) is 10.6 Å². The van der Waals surface area contributed by atoms with Crippen LogP contribution in [0.15, 0.2) is 30.3 Å². The molecule has 0 bridgehead atoms. The molecule has 0 aliphatic carbocycles. The first kappa shape index (κ1) is 27.5. The molecule has 0 heterocycles. The Balaban J connectivity index is 2.85. The molecule has 4 atom stereocenters. The third-order valence-electron chi connectivity index (χ3n) is 4.53.